The molecule has 0 radical (unpaired) electrons. The quantitative estimate of drug-likeness (QED) is 0.584. The van der Waals surface area contributed by atoms with Crippen molar-refractivity contribution < 1.29 is 8.42 Å². The van der Waals surface area contributed by atoms with Crippen molar-refractivity contribution >= 4 is 21.4 Å². The van der Waals surface area contributed by atoms with E-state index in [9.17, 15) is 8.42 Å². The van der Waals surface area contributed by atoms with Gasteiger partial charge in [0, 0.05) is 6.54 Å². The highest BCUT2D eigenvalue weighted by atomic mass is 32.2. The first kappa shape index (κ1) is 11.8. The lowest BCUT2D eigenvalue weighted by atomic mass is 10.2. The molecule has 0 amide bonds. The van der Waals surface area contributed by atoms with Gasteiger partial charge < -0.3 is 5.73 Å². The summed E-state index contributed by atoms with van der Waals surface area (Å²) >= 11 is 0. The third-order valence-corrected chi connectivity index (χ3v) is 2.37. The summed E-state index contributed by atoms with van der Waals surface area (Å²) in [6, 6.07) is 7.09. The van der Waals surface area contributed by atoms with E-state index in [4.69, 9.17) is 5.73 Å². The van der Waals surface area contributed by atoms with Gasteiger partial charge in [-0.15, -0.1) is 4.83 Å². The Kier molecular flexibility index (Phi) is 3.54. The van der Waals surface area contributed by atoms with Crippen molar-refractivity contribution in [1.29, 1.82) is 0 Å². The number of nitrogen functional groups attached to an aromatic ring is 1. The maximum absolute atomic E-state index is 11.1. The highest BCUT2D eigenvalue weighted by Crippen LogP contribution is 2.20. The van der Waals surface area contributed by atoms with Crippen LogP contribution in [-0.2, 0) is 10.0 Å². The third-order valence-electron chi connectivity index (χ3n) is 1.82. The first-order chi connectivity index (χ1) is 6.94. The smallest absolute Gasteiger partial charge is 0.225 e. The molecular weight excluding hydrogens is 214 g/mol. The highest BCUT2D eigenvalue weighted by molar-refractivity contribution is 7.88. The first-order valence-electron chi connectivity index (χ1n) is 4.53. The van der Waals surface area contributed by atoms with Crippen LogP contribution in [0.4, 0.5) is 11.4 Å². The monoisotopic (exact) mass is 229 g/mol. The molecule has 0 saturated heterocycles. The SMILES string of the molecule is CCN(NS(C)(=O)=O)c1ccccc1N. The van der Waals surface area contributed by atoms with E-state index < -0.39 is 10.0 Å². The number of sulfonamides is 1. The van der Waals surface area contributed by atoms with Gasteiger partial charge in [0.2, 0.25) is 10.0 Å². The van der Waals surface area contributed by atoms with Crippen molar-refractivity contribution in [2.75, 3.05) is 23.5 Å². The predicted octanol–water partition coefficient (Wildman–Crippen LogP) is 0.559. The second kappa shape index (κ2) is 4.50. The first-order valence-corrected chi connectivity index (χ1v) is 6.42. The summed E-state index contributed by atoms with van der Waals surface area (Å²) in [6.45, 7) is 2.34. The number of benzene rings is 1. The van der Waals surface area contributed by atoms with Gasteiger partial charge in [0.1, 0.15) is 0 Å². The van der Waals surface area contributed by atoms with E-state index >= 15 is 0 Å². The lowest BCUT2D eigenvalue weighted by molar-refractivity contribution is 0.583. The molecule has 0 heterocycles. The molecule has 0 fully saturated rings. The van der Waals surface area contributed by atoms with Crippen molar-refractivity contribution in [3.8, 4) is 0 Å². The Morgan fingerprint density at radius 3 is 2.47 bits per heavy atom. The largest absolute Gasteiger partial charge is 0.397 e. The number of anilines is 2. The van der Waals surface area contributed by atoms with E-state index in [-0.39, 0.29) is 0 Å². The lowest BCUT2D eigenvalue weighted by Crippen LogP contribution is -2.41. The average Bonchev–Trinajstić information content (AvgIpc) is 2.14. The number of hydrazine groups is 1. The molecule has 15 heavy (non-hydrogen) atoms. The maximum Gasteiger partial charge on any atom is 0.225 e. The number of rotatable bonds is 4. The summed E-state index contributed by atoms with van der Waals surface area (Å²) in [4.78, 5) is 2.39. The molecule has 3 N–H and O–H groups in total. The van der Waals surface area contributed by atoms with E-state index in [1.165, 1.54) is 5.01 Å². The number of nitrogens with two attached hydrogens (primary N) is 1. The Morgan fingerprint density at radius 2 is 2.00 bits per heavy atom. The van der Waals surface area contributed by atoms with Crippen LogP contribution < -0.4 is 15.6 Å². The number of hydrogen-bond donors (Lipinski definition) is 2. The minimum Gasteiger partial charge on any atom is -0.397 e. The fourth-order valence-corrected chi connectivity index (χ4v) is 1.85. The summed E-state index contributed by atoms with van der Waals surface area (Å²) in [6.07, 6.45) is 1.11. The van der Waals surface area contributed by atoms with E-state index in [1.54, 1.807) is 24.3 Å². The zero-order chi connectivity index (χ0) is 11.5. The van der Waals surface area contributed by atoms with Gasteiger partial charge in [-0.25, -0.2) is 8.42 Å². The molecule has 0 aliphatic carbocycles. The summed E-state index contributed by atoms with van der Waals surface area (Å²) in [7, 11) is -3.28. The number of nitrogens with zero attached hydrogens (tertiary/aromatic N) is 1. The van der Waals surface area contributed by atoms with Crippen LogP contribution in [0.5, 0.6) is 0 Å². The minimum atomic E-state index is -3.28. The summed E-state index contributed by atoms with van der Waals surface area (Å²) in [5.41, 5.74) is 6.93. The summed E-state index contributed by atoms with van der Waals surface area (Å²) < 4.78 is 22.2. The van der Waals surface area contributed by atoms with Crippen molar-refractivity contribution in [2.45, 2.75) is 6.92 Å². The Hall–Kier alpha value is -1.27. The molecule has 0 bridgehead atoms. The van der Waals surface area contributed by atoms with Crippen LogP contribution in [0.25, 0.3) is 0 Å². The summed E-state index contributed by atoms with van der Waals surface area (Å²) in [5, 5.41) is 1.49. The van der Waals surface area contributed by atoms with E-state index in [0.29, 0.717) is 17.9 Å². The van der Waals surface area contributed by atoms with E-state index in [0.717, 1.165) is 6.26 Å². The molecule has 0 aliphatic heterocycles. The predicted molar refractivity (Wildman–Crippen MR) is 61.9 cm³/mol. The zero-order valence-electron chi connectivity index (χ0n) is 8.77. The Balaban J connectivity index is 2.98. The Morgan fingerprint density at radius 1 is 1.40 bits per heavy atom. The normalized spacial score (nSPS) is 11.3. The second-order valence-corrected chi connectivity index (χ2v) is 4.89. The number of para-hydroxylation sites is 2. The van der Waals surface area contributed by atoms with Gasteiger partial charge in [-0.05, 0) is 19.1 Å². The number of hydrogen-bond acceptors (Lipinski definition) is 4. The Bertz CT molecular complexity index is 431. The van der Waals surface area contributed by atoms with Gasteiger partial charge in [0.25, 0.3) is 0 Å². The van der Waals surface area contributed by atoms with Gasteiger partial charge in [-0.1, -0.05) is 12.1 Å². The molecule has 5 nitrogen and oxygen atoms in total. The molecule has 0 aliphatic rings. The van der Waals surface area contributed by atoms with Crippen molar-refractivity contribution in [2.24, 2.45) is 0 Å². The third kappa shape index (κ3) is 3.41. The molecule has 0 aromatic heterocycles. The maximum atomic E-state index is 11.1. The fraction of sp³-hybridized carbons (Fsp3) is 0.333. The minimum absolute atomic E-state index is 0.501. The van der Waals surface area contributed by atoms with Crippen LogP contribution in [0, 0.1) is 0 Å². The topological polar surface area (TPSA) is 75.4 Å². The Labute approximate surface area is 89.9 Å². The van der Waals surface area contributed by atoms with Gasteiger partial charge in [-0.2, -0.15) is 0 Å². The number of nitrogens with one attached hydrogen (secondary N) is 1. The molecule has 0 saturated carbocycles. The molecule has 1 aromatic rings. The second-order valence-electron chi connectivity index (χ2n) is 3.17. The van der Waals surface area contributed by atoms with Crippen LogP contribution in [0.2, 0.25) is 0 Å². The van der Waals surface area contributed by atoms with E-state index in [2.05, 4.69) is 4.83 Å². The molecule has 0 spiro atoms. The molecule has 0 unspecified atom stereocenters. The van der Waals surface area contributed by atoms with Crippen molar-refractivity contribution in [1.82, 2.24) is 4.83 Å². The molecular formula is C9H15N3O2S. The van der Waals surface area contributed by atoms with Crippen LogP contribution in [0.3, 0.4) is 0 Å². The lowest BCUT2D eigenvalue weighted by Gasteiger charge is -2.23. The highest BCUT2D eigenvalue weighted by Gasteiger charge is 2.11. The van der Waals surface area contributed by atoms with Crippen molar-refractivity contribution in [3.63, 3.8) is 0 Å². The van der Waals surface area contributed by atoms with Gasteiger partial charge in [0.15, 0.2) is 0 Å². The van der Waals surface area contributed by atoms with Crippen LogP contribution in [0.15, 0.2) is 24.3 Å². The molecule has 84 valence electrons. The summed E-state index contributed by atoms with van der Waals surface area (Å²) in [5.74, 6) is 0. The van der Waals surface area contributed by atoms with Gasteiger partial charge in [0.05, 0.1) is 17.6 Å². The average molecular weight is 229 g/mol. The zero-order valence-corrected chi connectivity index (χ0v) is 9.58. The van der Waals surface area contributed by atoms with Crippen LogP contribution in [0.1, 0.15) is 6.92 Å². The molecule has 0 atom stereocenters. The van der Waals surface area contributed by atoms with E-state index in [1.807, 2.05) is 6.92 Å². The van der Waals surface area contributed by atoms with Gasteiger partial charge in [-0.3, -0.25) is 5.01 Å². The van der Waals surface area contributed by atoms with Gasteiger partial charge >= 0.3 is 0 Å². The molecule has 1 rings (SSSR count). The molecule has 1 aromatic carbocycles. The fourth-order valence-electron chi connectivity index (χ4n) is 1.22. The molecule has 6 heteroatoms. The van der Waals surface area contributed by atoms with Crippen molar-refractivity contribution in [3.05, 3.63) is 24.3 Å². The van der Waals surface area contributed by atoms with Crippen LogP contribution >= 0.6 is 0 Å². The standard InChI is InChI=1S/C9H15N3O2S/c1-3-12(11-15(2,13)14)9-7-5-4-6-8(9)10/h4-7,11H,3,10H2,1-2H3. The van der Waals surface area contributed by atoms with Crippen LogP contribution in [-0.4, -0.2) is 21.2 Å².